The number of aliphatic imine (C=N–C) groups is 1. The summed E-state index contributed by atoms with van der Waals surface area (Å²) in [5.74, 6) is 1.41. The highest BCUT2D eigenvalue weighted by molar-refractivity contribution is 7.92. The Bertz CT molecular complexity index is 590. The quantitative estimate of drug-likeness (QED) is 0.483. The van der Waals surface area contributed by atoms with E-state index in [0.717, 1.165) is 19.0 Å². The summed E-state index contributed by atoms with van der Waals surface area (Å²) < 4.78 is 29.6. The molecule has 6 nitrogen and oxygen atoms in total. The fourth-order valence-corrected chi connectivity index (χ4v) is 5.92. The third kappa shape index (κ3) is 6.08. The lowest BCUT2D eigenvalue weighted by molar-refractivity contribution is 0.0756. The van der Waals surface area contributed by atoms with Crippen molar-refractivity contribution >= 4 is 15.8 Å². The molecule has 0 atom stereocenters. The van der Waals surface area contributed by atoms with E-state index in [-0.39, 0.29) is 0 Å². The van der Waals surface area contributed by atoms with Gasteiger partial charge in [0.05, 0.1) is 4.75 Å². The maximum Gasteiger partial charge on any atom is 0.191 e. The number of nitrogens with zero attached hydrogens (tertiary/aromatic N) is 1. The second-order valence-corrected chi connectivity index (χ2v) is 11.3. The second-order valence-electron chi connectivity index (χ2n) is 8.92. The first kappa shape index (κ1) is 22.5. The average Bonchev–Trinajstić information content (AvgIpc) is 3.05. The topological polar surface area (TPSA) is 79.8 Å². The average molecular weight is 402 g/mol. The van der Waals surface area contributed by atoms with Crippen LogP contribution in [0.15, 0.2) is 4.99 Å². The Hall–Kier alpha value is -0.820. The molecule has 1 saturated carbocycles. The lowest BCUT2D eigenvalue weighted by atomic mass is 9.78. The normalized spacial score (nSPS) is 22.8. The molecule has 0 aromatic heterocycles. The summed E-state index contributed by atoms with van der Waals surface area (Å²) in [6, 6.07) is 0. The Kier molecular flexibility index (Phi) is 7.98. The molecule has 0 bridgehead atoms. The number of hydrogen-bond donors (Lipinski definition) is 2. The third-order valence-electron chi connectivity index (χ3n) is 6.19. The molecular weight excluding hydrogens is 362 g/mol. The van der Waals surface area contributed by atoms with Crippen LogP contribution in [-0.4, -0.2) is 58.2 Å². The van der Waals surface area contributed by atoms with E-state index in [9.17, 15) is 8.42 Å². The zero-order chi connectivity index (χ0) is 20.0. The van der Waals surface area contributed by atoms with Crippen molar-refractivity contribution < 1.29 is 13.2 Å². The van der Waals surface area contributed by atoms with Crippen LogP contribution in [0.1, 0.15) is 65.7 Å². The molecule has 158 valence electrons. The summed E-state index contributed by atoms with van der Waals surface area (Å²) in [6.07, 6.45) is 8.72. The molecule has 0 amide bonds. The van der Waals surface area contributed by atoms with Crippen molar-refractivity contribution in [3.05, 3.63) is 0 Å². The predicted octanol–water partition coefficient (Wildman–Crippen LogP) is 2.74. The summed E-state index contributed by atoms with van der Waals surface area (Å²) in [7, 11) is -3.18. The minimum Gasteiger partial charge on any atom is -0.381 e. The fourth-order valence-electron chi connectivity index (χ4n) is 4.67. The van der Waals surface area contributed by atoms with Crippen molar-refractivity contribution in [1.29, 1.82) is 0 Å². The maximum atomic E-state index is 12.5. The van der Waals surface area contributed by atoms with E-state index >= 15 is 0 Å². The Morgan fingerprint density at radius 3 is 2.26 bits per heavy atom. The third-order valence-corrected chi connectivity index (χ3v) is 8.32. The summed E-state index contributed by atoms with van der Waals surface area (Å²) in [6.45, 7) is 9.57. The molecule has 7 heteroatoms. The molecule has 2 N–H and O–H groups in total. The van der Waals surface area contributed by atoms with E-state index < -0.39 is 14.6 Å². The van der Waals surface area contributed by atoms with Crippen LogP contribution in [0.5, 0.6) is 0 Å². The summed E-state index contributed by atoms with van der Waals surface area (Å²) >= 11 is 0. The number of ether oxygens (including phenoxy) is 1. The largest absolute Gasteiger partial charge is 0.381 e. The van der Waals surface area contributed by atoms with E-state index in [1.165, 1.54) is 38.4 Å². The van der Waals surface area contributed by atoms with E-state index in [0.29, 0.717) is 43.9 Å². The lowest BCUT2D eigenvalue weighted by Gasteiger charge is -2.36. The number of nitrogens with one attached hydrogen (secondary N) is 2. The highest BCUT2D eigenvalue weighted by Gasteiger charge is 2.42. The molecule has 1 heterocycles. The van der Waals surface area contributed by atoms with Crippen molar-refractivity contribution in [2.24, 2.45) is 16.3 Å². The van der Waals surface area contributed by atoms with Gasteiger partial charge in [-0.2, -0.15) is 0 Å². The second kappa shape index (κ2) is 9.59. The van der Waals surface area contributed by atoms with Gasteiger partial charge in [-0.1, -0.05) is 26.7 Å². The van der Waals surface area contributed by atoms with Gasteiger partial charge in [0.15, 0.2) is 15.8 Å². The molecule has 27 heavy (non-hydrogen) atoms. The first-order valence-electron chi connectivity index (χ1n) is 10.5. The van der Waals surface area contributed by atoms with Crippen molar-refractivity contribution in [3.63, 3.8) is 0 Å². The molecule has 0 spiro atoms. The number of guanidine groups is 1. The monoisotopic (exact) mass is 401 g/mol. The van der Waals surface area contributed by atoms with Gasteiger partial charge in [0.25, 0.3) is 0 Å². The minimum atomic E-state index is -3.18. The van der Waals surface area contributed by atoms with Gasteiger partial charge in [-0.05, 0) is 50.4 Å². The molecular formula is C20H39N3O3S. The highest BCUT2D eigenvalue weighted by atomic mass is 32.2. The zero-order valence-electron chi connectivity index (χ0n) is 17.6. The summed E-state index contributed by atoms with van der Waals surface area (Å²) in [5, 5.41) is 6.63. The van der Waals surface area contributed by atoms with Crippen LogP contribution in [0.2, 0.25) is 0 Å². The Balaban J connectivity index is 2.08. The number of hydrogen-bond acceptors (Lipinski definition) is 4. The molecule has 0 radical (unpaired) electrons. The fraction of sp³-hybridized carbons (Fsp3) is 0.950. The van der Waals surface area contributed by atoms with Crippen molar-refractivity contribution in [1.82, 2.24) is 10.6 Å². The Morgan fingerprint density at radius 1 is 1.11 bits per heavy atom. The molecule has 0 aromatic rings. The minimum absolute atomic E-state index is 0.309. The molecule has 0 unspecified atom stereocenters. The maximum absolute atomic E-state index is 12.5. The van der Waals surface area contributed by atoms with Gasteiger partial charge >= 0.3 is 0 Å². The van der Waals surface area contributed by atoms with Crippen LogP contribution < -0.4 is 10.6 Å². The van der Waals surface area contributed by atoms with Crippen LogP contribution in [0.25, 0.3) is 0 Å². The van der Waals surface area contributed by atoms with Gasteiger partial charge in [-0.25, -0.2) is 8.42 Å². The van der Waals surface area contributed by atoms with Crippen LogP contribution in [0, 0.1) is 11.3 Å². The van der Waals surface area contributed by atoms with Crippen molar-refractivity contribution in [2.75, 3.05) is 39.1 Å². The summed E-state index contributed by atoms with van der Waals surface area (Å²) in [4.78, 5) is 4.89. The highest BCUT2D eigenvalue weighted by Crippen LogP contribution is 2.43. The van der Waals surface area contributed by atoms with E-state index in [4.69, 9.17) is 9.73 Å². The van der Waals surface area contributed by atoms with Crippen LogP contribution in [0.3, 0.4) is 0 Å². The van der Waals surface area contributed by atoms with Gasteiger partial charge in [0.2, 0.25) is 0 Å². The van der Waals surface area contributed by atoms with Crippen LogP contribution in [0.4, 0.5) is 0 Å². The molecule has 2 rings (SSSR count). The smallest absolute Gasteiger partial charge is 0.191 e. The Morgan fingerprint density at radius 2 is 1.74 bits per heavy atom. The zero-order valence-corrected chi connectivity index (χ0v) is 18.5. The standard InChI is InChI=1S/C20H39N3O3S/c1-5-21-18(22-15-19(14-17(2)3)8-6-7-9-19)23-16-20(27(4,24)25)10-12-26-13-11-20/h17H,5-16H2,1-4H3,(H2,21,22,23). The summed E-state index contributed by atoms with van der Waals surface area (Å²) in [5.41, 5.74) is 0.309. The van der Waals surface area contributed by atoms with E-state index in [1.54, 1.807) is 0 Å². The molecule has 2 aliphatic rings. The predicted molar refractivity (Wildman–Crippen MR) is 112 cm³/mol. The number of sulfone groups is 1. The molecule has 1 saturated heterocycles. The van der Waals surface area contributed by atoms with Crippen LogP contribution >= 0.6 is 0 Å². The van der Waals surface area contributed by atoms with Gasteiger partial charge in [0, 0.05) is 39.1 Å². The van der Waals surface area contributed by atoms with Crippen LogP contribution in [-0.2, 0) is 14.6 Å². The molecule has 1 aliphatic heterocycles. The molecule has 0 aromatic carbocycles. The van der Waals surface area contributed by atoms with Gasteiger partial charge < -0.3 is 15.4 Å². The lowest BCUT2D eigenvalue weighted by Crippen LogP contribution is -2.53. The van der Waals surface area contributed by atoms with E-state index in [1.807, 2.05) is 6.92 Å². The first-order chi connectivity index (χ1) is 12.7. The molecule has 1 aliphatic carbocycles. The number of rotatable bonds is 8. The Labute approximate surface area is 165 Å². The van der Waals surface area contributed by atoms with Gasteiger partial charge in [-0.3, -0.25) is 4.99 Å². The first-order valence-corrected chi connectivity index (χ1v) is 12.4. The van der Waals surface area contributed by atoms with Crippen molar-refractivity contribution in [2.45, 2.75) is 70.5 Å². The van der Waals surface area contributed by atoms with Crippen molar-refractivity contribution in [3.8, 4) is 0 Å². The molecule has 2 fully saturated rings. The SMILES string of the molecule is CCNC(=NCC1(CC(C)C)CCCC1)NCC1(S(C)(=O)=O)CCOCC1. The van der Waals surface area contributed by atoms with Gasteiger partial charge in [0.1, 0.15) is 0 Å². The van der Waals surface area contributed by atoms with Gasteiger partial charge in [-0.15, -0.1) is 0 Å². The van der Waals surface area contributed by atoms with E-state index in [2.05, 4.69) is 24.5 Å².